The van der Waals surface area contributed by atoms with E-state index >= 15 is 0 Å². The van der Waals surface area contributed by atoms with Crippen LogP contribution in [0.5, 0.6) is 0 Å². The van der Waals surface area contributed by atoms with E-state index in [-0.39, 0.29) is 5.60 Å². The van der Waals surface area contributed by atoms with Gasteiger partial charge in [0.2, 0.25) is 0 Å². The van der Waals surface area contributed by atoms with E-state index in [1.165, 1.54) is 24.3 Å². The summed E-state index contributed by atoms with van der Waals surface area (Å²) in [6.07, 6.45) is 5.01. The van der Waals surface area contributed by atoms with Gasteiger partial charge in [-0.2, -0.15) is 11.8 Å². The lowest BCUT2D eigenvalue weighted by Gasteiger charge is -2.41. The van der Waals surface area contributed by atoms with Crippen LogP contribution in [0.4, 0.5) is 0 Å². The maximum atomic E-state index is 6.55. The number of rotatable bonds is 2. The highest BCUT2D eigenvalue weighted by Crippen LogP contribution is 2.42. The number of thioether (sulfide) groups is 1. The second kappa shape index (κ2) is 5.31. The SMILES string of the molecule is CC1OCCC1C(N)C1CCOC2(CCSC2)C1. The molecule has 3 heterocycles. The number of hydrogen-bond acceptors (Lipinski definition) is 4. The van der Waals surface area contributed by atoms with Gasteiger partial charge in [-0.05, 0) is 44.3 Å². The maximum Gasteiger partial charge on any atom is 0.0783 e. The quantitative estimate of drug-likeness (QED) is 0.835. The third kappa shape index (κ3) is 2.45. The summed E-state index contributed by atoms with van der Waals surface area (Å²) in [7, 11) is 0. The van der Waals surface area contributed by atoms with Crippen LogP contribution in [0, 0.1) is 11.8 Å². The summed E-state index contributed by atoms with van der Waals surface area (Å²) in [5.41, 5.74) is 6.71. The molecule has 3 rings (SSSR count). The standard InChI is InChI=1S/C14H25NO2S/c1-10-12(3-5-16-10)13(15)11-2-6-17-14(8-11)4-7-18-9-14/h10-13H,2-9,15H2,1H3. The largest absolute Gasteiger partial charge is 0.378 e. The fourth-order valence-electron chi connectivity index (χ4n) is 3.86. The third-order valence-corrected chi connectivity index (χ3v) is 6.29. The molecule has 2 N–H and O–H groups in total. The minimum absolute atomic E-state index is 0.161. The first-order chi connectivity index (χ1) is 8.70. The van der Waals surface area contributed by atoms with Crippen LogP contribution >= 0.6 is 11.8 Å². The van der Waals surface area contributed by atoms with Crippen molar-refractivity contribution >= 4 is 11.8 Å². The molecule has 0 radical (unpaired) electrons. The molecule has 1 spiro atoms. The molecular weight excluding hydrogens is 246 g/mol. The van der Waals surface area contributed by atoms with Crippen molar-refractivity contribution < 1.29 is 9.47 Å². The van der Waals surface area contributed by atoms with Gasteiger partial charge >= 0.3 is 0 Å². The van der Waals surface area contributed by atoms with Crippen molar-refractivity contribution in [3.05, 3.63) is 0 Å². The van der Waals surface area contributed by atoms with Gasteiger partial charge in [-0.25, -0.2) is 0 Å². The van der Waals surface area contributed by atoms with Gasteiger partial charge in [-0.15, -0.1) is 0 Å². The van der Waals surface area contributed by atoms with Crippen LogP contribution < -0.4 is 5.73 Å². The summed E-state index contributed by atoms with van der Waals surface area (Å²) < 4.78 is 11.8. The minimum atomic E-state index is 0.161. The lowest BCUT2D eigenvalue weighted by molar-refractivity contribution is -0.0873. The van der Waals surface area contributed by atoms with E-state index < -0.39 is 0 Å². The lowest BCUT2D eigenvalue weighted by atomic mass is 9.76. The van der Waals surface area contributed by atoms with Gasteiger partial charge < -0.3 is 15.2 Å². The Bertz CT molecular complexity index is 294. The molecule has 0 aromatic carbocycles. The van der Waals surface area contributed by atoms with Gasteiger partial charge in [0.05, 0.1) is 11.7 Å². The van der Waals surface area contributed by atoms with E-state index in [1.54, 1.807) is 0 Å². The van der Waals surface area contributed by atoms with E-state index in [0.29, 0.717) is 24.0 Å². The van der Waals surface area contributed by atoms with E-state index in [2.05, 4.69) is 6.92 Å². The van der Waals surface area contributed by atoms with Crippen molar-refractivity contribution in [2.75, 3.05) is 24.7 Å². The molecule has 5 atom stereocenters. The van der Waals surface area contributed by atoms with E-state index in [0.717, 1.165) is 26.1 Å². The topological polar surface area (TPSA) is 44.5 Å². The first kappa shape index (κ1) is 13.2. The van der Waals surface area contributed by atoms with Crippen molar-refractivity contribution in [1.82, 2.24) is 0 Å². The van der Waals surface area contributed by atoms with Crippen LogP contribution in [0.3, 0.4) is 0 Å². The zero-order valence-electron chi connectivity index (χ0n) is 11.3. The Labute approximate surface area is 114 Å². The lowest BCUT2D eigenvalue weighted by Crippen LogP contribution is -2.49. The molecule has 3 aliphatic heterocycles. The summed E-state index contributed by atoms with van der Waals surface area (Å²) >= 11 is 2.04. The van der Waals surface area contributed by atoms with E-state index in [9.17, 15) is 0 Å². The maximum absolute atomic E-state index is 6.55. The van der Waals surface area contributed by atoms with Crippen LogP contribution in [0.15, 0.2) is 0 Å². The normalized spacial score (nSPS) is 46.7. The summed E-state index contributed by atoms with van der Waals surface area (Å²) in [5, 5.41) is 0. The summed E-state index contributed by atoms with van der Waals surface area (Å²) in [6, 6.07) is 0.300. The van der Waals surface area contributed by atoms with Crippen molar-refractivity contribution in [2.24, 2.45) is 17.6 Å². The molecule has 0 saturated carbocycles. The molecule has 104 valence electrons. The average Bonchev–Trinajstić information content (AvgIpc) is 2.98. The first-order valence-corrected chi connectivity index (χ1v) is 8.45. The van der Waals surface area contributed by atoms with Gasteiger partial charge in [0.1, 0.15) is 0 Å². The van der Waals surface area contributed by atoms with Gasteiger partial charge in [-0.3, -0.25) is 0 Å². The molecular formula is C14H25NO2S. The van der Waals surface area contributed by atoms with Crippen molar-refractivity contribution in [1.29, 1.82) is 0 Å². The third-order valence-electron chi connectivity index (χ3n) is 5.07. The molecule has 0 amide bonds. The molecule has 3 aliphatic rings. The predicted octanol–water partition coefficient (Wildman–Crippen LogP) is 2.04. The summed E-state index contributed by atoms with van der Waals surface area (Å²) in [6.45, 7) is 3.97. The Morgan fingerprint density at radius 1 is 1.33 bits per heavy atom. The summed E-state index contributed by atoms with van der Waals surface area (Å²) in [5.74, 6) is 3.61. The molecule has 0 aliphatic carbocycles. The molecule has 0 aromatic rings. The monoisotopic (exact) mass is 271 g/mol. The van der Waals surface area contributed by atoms with Gasteiger partial charge in [0.25, 0.3) is 0 Å². The summed E-state index contributed by atoms with van der Waals surface area (Å²) in [4.78, 5) is 0. The fourth-order valence-corrected chi connectivity index (χ4v) is 5.24. The second-order valence-corrected chi connectivity index (χ2v) is 7.30. The Morgan fingerprint density at radius 2 is 2.22 bits per heavy atom. The molecule has 3 nitrogen and oxygen atoms in total. The Balaban J connectivity index is 1.64. The van der Waals surface area contributed by atoms with Gasteiger partial charge in [-0.1, -0.05) is 0 Å². The Kier molecular flexibility index (Phi) is 3.90. The smallest absolute Gasteiger partial charge is 0.0783 e. The molecule has 5 unspecified atom stereocenters. The highest BCUT2D eigenvalue weighted by atomic mass is 32.2. The van der Waals surface area contributed by atoms with Crippen LogP contribution in [-0.2, 0) is 9.47 Å². The second-order valence-electron chi connectivity index (χ2n) is 6.19. The van der Waals surface area contributed by atoms with Crippen LogP contribution in [0.1, 0.15) is 32.6 Å². The fraction of sp³-hybridized carbons (Fsp3) is 1.00. The average molecular weight is 271 g/mol. The molecule has 3 fully saturated rings. The highest BCUT2D eigenvalue weighted by Gasteiger charge is 2.44. The predicted molar refractivity (Wildman–Crippen MR) is 74.8 cm³/mol. The number of ether oxygens (including phenoxy) is 2. The molecule has 0 aromatic heterocycles. The van der Waals surface area contributed by atoms with Crippen LogP contribution in [0.25, 0.3) is 0 Å². The van der Waals surface area contributed by atoms with Crippen LogP contribution in [0.2, 0.25) is 0 Å². The Morgan fingerprint density at radius 3 is 2.89 bits per heavy atom. The van der Waals surface area contributed by atoms with Gasteiger partial charge in [0, 0.05) is 30.9 Å². The molecule has 3 saturated heterocycles. The zero-order valence-corrected chi connectivity index (χ0v) is 12.1. The Hall–Kier alpha value is 0.230. The first-order valence-electron chi connectivity index (χ1n) is 7.29. The minimum Gasteiger partial charge on any atom is -0.378 e. The number of nitrogens with two attached hydrogens (primary N) is 1. The molecule has 4 heteroatoms. The van der Waals surface area contributed by atoms with E-state index in [1.807, 2.05) is 11.8 Å². The van der Waals surface area contributed by atoms with Crippen molar-refractivity contribution in [3.63, 3.8) is 0 Å². The molecule has 0 bridgehead atoms. The highest BCUT2D eigenvalue weighted by molar-refractivity contribution is 7.99. The van der Waals surface area contributed by atoms with Crippen molar-refractivity contribution in [3.8, 4) is 0 Å². The van der Waals surface area contributed by atoms with Crippen LogP contribution in [-0.4, -0.2) is 42.5 Å². The van der Waals surface area contributed by atoms with Gasteiger partial charge in [0.15, 0.2) is 0 Å². The molecule has 18 heavy (non-hydrogen) atoms. The number of hydrogen-bond donors (Lipinski definition) is 1. The van der Waals surface area contributed by atoms with E-state index in [4.69, 9.17) is 15.2 Å². The zero-order chi connectivity index (χ0) is 12.6. The van der Waals surface area contributed by atoms with Crippen molar-refractivity contribution in [2.45, 2.75) is 50.4 Å².